The number of anilines is 1. The first-order valence-corrected chi connectivity index (χ1v) is 9.02. The Hall–Kier alpha value is -3.42. The summed E-state index contributed by atoms with van der Waals surface area (Å²) in [6, 6.07) is 13.1. The van der Waals surface area contributed by atoms with Gasteiger partial charge < -0.3 is 15.4 Å². The van der Waals surface area contributed by atoms with Gasteiger partial charge in [0, 0.05) is 30.2 Å². The zero-order chi connectivity index (χ0) is 20.0. The topological polar surface area (TPSA) is 105 Å². The first-order valence-electron chi connectivity index (χ1n) is 9.02. The number of benzene rings is 1. The Morgan fingerprint density at radius 1 is 1.14 bits per heavy atom. The van der Waals surface area contributed by atoms with Crippen LogP contribution >= 0.6 is 0 Å². The van der Waals surface area contributed by atoms with Crippen LogP contribution in [0.4, 0.5) is 10.5 Å². The molecule has 0 aliphatic carbocycles. The number of hydrogen-bond donors (Lipinski definition) is 3. The normalized spacial score (nSPS) is 12.2. The van der Waals surface area contributed by atoms with Crippen molar-refractivity contribution >= 4 is 11.8 Å². The van der Waals surface area contributed by atoms with E-state index in [0.717, 1.165) is 11.3 Å². The van der Waals surface area contributed by atoms with Crippen molar-refractivity contribution in [1.82, 2.24) is 25.5 Å². The summed E-state index contributed by atoms with van der Waals surface area (Å²) in [5.41, 5.74) is 1.20. The molecule has 0 radical (unpaired) electrons. The van der Waals surface area contributed by atoms with Gasteiger partial charge in [-0.1, -0.05) is 18.2 Å². The molecule has 2 aromatic heterocycles. The maximum atomic E-state index is 12.1. The highest BCUT2D eigenvalue weighted by Crippen LogP contribution is 2.19. The number of alkyl carbamates (subject to hydrolysis) is 1. The van der Waals surface area contributed by atoms with Gasteiger partial charge in [0.15, 0.2) is 5.82 Å². The van der Waals surface area contributed by atoms with Crippen molar-refractivity contribution in [3.05, 3.63) is 60.7 Å². The predicted octanol–water partition coefficient (Wildman–Crippen LogP) is 3.54. The minimum atomic E-state index is -0.562. The molecule has 1 unspecified atom stereocenters. The van der Waals surface area contributed by atoms with Crippen LogP contribution in [0.25, 0.3) is 11.4 Å². The average Bonchev–Trinajstić information content (AvgIpc) is 3.15. The zero-order valence-electron chi connectivity index (χ0n) is 16.1. The van der Waals surface area contributed by atoms with Gasteiger partial charge in [-0.3, -0.25) is 10.1 Å². The molecular weight excluding hydrogens is 356 g/mol. The summed E-state index contributed by atoms with van der Waals surface area (Å²) < 4.78 is 5.32. The highest BCUT2D eigenvalue weighted by atomic mass is 16.6. The van der Waals surface area contributed by atoms with Crippen molar-refractivity contribution in [2.45, 2.75) is 32.4 Å². The van der Waals surface area contributed by atoms with E-state index >= 15 is 0 Å². The Labute approximate surface area is 163 Å². The predicted molar refractivity (Wildman–Crippen MR) is 107 cm³/mol. The molecule has 0 spiro atoms. The lowest BCUT2D eigenvalue weighted by Crippen LogP contribution is -2.36. The average molecular weight is 380 g/mol. The van der Waals surface area contributed by atoms with Crippen LogP contribution in [-0.4, -0.2) is 38.4 Å². The lowest BCUT2D eigenvalue weighted by molar-refractivity contribution is 0.0525. The molecule has 3 aromatic rings. The van der Waals surface area contributed by atoms with Gasteiger partial charge in [0.2, 0.25) is 0 Å². The van der Waals surface area contributed by atoms with Crippen molar-refractivity contribution < 1.29 is 9.53 Å². The number of para-hydroxylation sites is 1. The van der Waals surface area contributed by atoms with Crippen molar-refractivity contribution in [2.75, 3.05) is 11.9 Å². The van der Waals surface area contributed by atoms with Gasteiger partial charge in [-0.15, -0.1) is 0 Å². The number of aromatic nitrogens is 4. The fourth-order valence-corrected chi connectivity index (χ4v) is 2.51. The van der Waals surface area contributed by atoms with E-state index in [9.17, 15) is 4.79 Å². The van der Waals surface area contributed by atoms with Gasteiger partial charge in [-0.25, -0.2) is 9.78 Å². The van der Waals surface area contributed by atoms with E-state index in [1.54, 1.807) is 12.4 Å². The maximum Gasteiger partial charge on any atom is 0.407 e. The summed E-state index contributed by atoms with van der Waals surface area (Å²) in [4.78, 5) is 20.6. The molecule has 28 heavy (non-hydrogen) atoms. The molecule has 0 saturated carbocycles. The van der Waals surface area contributed by atoms with Gasteiger partial charge in [0.1, 0.15) is 17.5 Å². The molecule has 0 saturated heterocycles. The standard InChI is InChI=1S/C20H24N6O2/c1-20(2,3)28-19(27)22-13-16(23-15-7-5-4-6-8-15)18-24-17(25-26-18)14-9-11-21-12-10-14/h4-12,16,23H,13H2,1-3H3,(H,22,27)(H,24,25,26). The second-order valence-corrected chi connectivity index (χ2v) is 7.23. The van der Waals surface area contributed by atoms with Gasteiger partial charge in [-0.05, 0) is 45.0 Å². The van der Waals surface area contributed by atoms with Gasteiger partial charge >= 0.3 is 6.09 Å². The van der Waals surface area contributed by atoms with Crippen LogP contribution in [0.2, 0.25) is 0 Å². The number of ether oxygens (including phenoxy) is 1. The third kappa shape index (κ3) is 5.54. The smallest absolute Gasteiger partial charge is 0.407 e. The van der Waals surface area contributed by atoms with E-state index in [1.807, 2.05) is 63.2 Å². The Morgan fingerprint density at radius 3 is 2.54 bits per heavy atom. The lowest BCUT2D eigenvalue weighted by Gasteiger charge is -2.22. The number of carbonyl (C=O) groups is 1. The third-order valence-electron chi connectivity index (χ3n) is 3.74. The fraction of sp³-hybridized carbons (Fsp3) is 0.300. The minimum Gasteiger partial charge on any atom is -0.444 e. The van der Waals surface area contributed by atoms with Gasteiger partial charge in [-0.2, -0.15) is 5.10 Å². The molecule has 146 valence electrons. The Bertz CT molecular complexity index is 890. The molecule has 1 atom stereocenters. The van der Waals surface area contributed by atoms with Crippen LogP contribution in [0, 0.1) is 0 Å². The van der Waals surface area contributed by atoms with E-state index < -0.39 is 11.7 Å². The molecule has 0 aliphatic rings. The number of carbonyl (C=O) groups excluding carboxylic acids is 1. The van der Waals surface area contributed by atoms with Crippen LogP contribution < -0.4 is 10.6 Å². The van der Waals surface area contributed by atoms with E-state index in [-0.39, 0.29) is 12.6 Å². The Kier molecular flexibility index (Phi) is 5.88. The molecule has 0 aliphatic heterocycles. The molecule has 3 N–H and O–H groups in total. The number of pyridine rings is 1. The van der Waals surface area contributed by atoms with Crippen molar-refractivity contribution in [3.63, 3.8) is 0 Å². The molecule has 0 fully saturated rings. The van der Waals surface area contributed by atoms with Crippen LogP contribution in [-0.2, 0) is 4.74 Å². The maximum absolute atomic E-state index is 12.1. The number of hydrogen-bond acceptors (Lipinski definition) is 6. The van der Waals surface area contributed by atoms with Gasteiger partial charge in [0.05, 0.1) is 0 Å². The SMILES string of the molecule is CC(C)(C)OC(=O)NCC(Nc1ccccc1)c1nc(-c2ccncc2)n[nH]1. The van der Waals surface area contributed by atoms with Crippen molar-refractivity contribution in [3.8, 4) is 11.4 Å². The second kappa shape index (κ2) is 8.51. The fourth-order valence-electron chi connectivity index (χ4n) is 2.51. The summed E-state index contributed by atoms with van der Waals surface area (Å²) in [7, 11) is 0. The minimum absolute atomic E-state index is 0.273. The van der Waals surface area contributed by atoms with E-state index in [4.69, 9.17) is 4.74 Å². The van der Waals surface area contributed by atoms with Crippen LogP contribution in [0.3, 0.4) is 0 Å². The van der Waals surface area contributed by atoms with Crippen LogP contribution in [0.15, 0.2) is 54.9 Å². The Morgan fingerprint density at radius 2 is 1.86 bits per heavy atom. The molecule has 8 nitrogen and oxygen atoms in total. The van der Waals surface area contributed by atoms with Crippen LogP contribution in [0.1, 0.15) is 32.6 Å². The molecule has 1 aromatic carbocycles. The molecule has 3 rings (SSSR count). The molecule has 0 bridgehead atoms. The van der Waals surface area contributed by atoms with Crippen LogP contribution in [0.5, 0.6) is 0 Å². The first-order chi connectivity index (χ1) is 13.4. The number of nitrogens with zero attached hydrogens (tertiary/aromatic N) is 3. The first kappa shape index (κ1) is 19.3. The monoisotopic (exact) mass is 380 g/mol. The zero-order valence-corrected chi connectivity index (χ0v) is 16.1. The summed E-state index contributed by atoms with van der Waals surface area (Å²) in [6.45, 7) is 5.74. The summed E-state index contributed by atoms with van der Waals surface area (Å²) in [6.07, 6.45) is 2.89. The number of aromatic amines is 1. The molecular formula is C20H24N6O2. The molecule has 8 heteroatoms. The summed E-state index contributed by atoms with van der Waals surface area (Å²) in [5, 5.41) is 13.4. The second-order valence-electron chi connectivity index (χ2n) is 7.23. The highest BCUT2D eigenvalue weighted by Gasteiger charge is 2.21. The molecule has 1 amide bonds. The van der Waals surface area contributed by atoms with Gasteiger partial charge in [0.25, 0.3) is 0 Å². The number of H-pyrrole nitrogens is 1. The number of rotatable bonds is 6. The summed E-state index contributed by atoms with van der Waals surface area (Å²) >= 11 is 0. The third-order valence-corrected chi connectivity index (χ3v) is 3.74. The number of amides is 1. The number of nitrogens with one attached hydrogen (secondary N) is 3. The van der Waals surface area contributed by atoms with Crippen molar-refractivity contribution in [2.24, 2.45) is 0 Å². The molecule has 2 heterocycles. The summed E-state index contributed by atoms with van der Waals surface area (Å²) in [5.74, 6) is 1.17. The largest absolute Gasteiger partial charge is 0.444 e. The van der Waals surface area contributed by atoms with E-state index in [2.05, 4.69) is 30.8 Å². The van der Waals surface area contributed by atoms with E-state index in [0.29, 0.717) is 11.6 Å². The lowest BCUT2D eigenvalue weighted by atomic mass is 10.2. The Balaban J connectivity index is 1.76. The van der Waals surface area contributed by atoms with E-state index in [1.165, 1.54) is 0 Å². The quantitative estimate of drug-likeness (QED) is 0.604. The van der Waals surface area contributed by atoms with Crippen molar-refractivity contribution in [1.29, 1.82) is 0 Å². The highest BCUT2D eigenvalue weighted by molar-refractivity contribution is 5.67.